The number of ether oxygens (including phenoxy) is 1. The molecule has 2 aromatic rings. The second kappa shape index (κ2) is 4.32. The Bertz CT molecular complexity index is 568. The largest absolute Gasteiger partial charge is 0.480 e. The van der Waals surface area contributed by atoms with Gasteiger partial charge < -0.3 is 9.72 Å². The van der Waals surface area contributed by atoms with E-state index in [0.29, 0.717) is 22.0 Å². The lowest BCUT2D eigenvalue weighted by Gasteiger charge is -2.03. The summed E-state index contributed by atoms with van der Waals surface area (Å²) in [6.07, 6.45) is 4.29. The molecule has 0 unspecified atom stereocenters. The van der Waals surface area contributed by atoms with Crippen LogP contribution in [-0.4, -0.2) is 22.1 Å². The molecule has 1 N–H and O–H groups in total. The van der Waals surface area contributed by atoms with Crippen molar-refractivity contribution in [3.63, 3.8) is 0 Å². The number of pyridine rings is 1. The first-order valence-corrected chi connectivity index (χ1v) is 4.83. The van der Waals surface area contributed by atoms with Gasteiger partial charge in [0.2, 0.25) is 5.88 Å². The summed E-state index contributed by atoms with van der Waals surface area (Å²) in [5.41, 5.74) is 0.776. The predicted octanol–water partition coefficient (Wildman–Crippen LogP) is 1.49. The van der Waals surface area contributed by atoms with Gasteiger partial charge in [0.05, 0.1) is 19.0 Å². The second-order valence-corrected chi connectivity index (χ2v) is 3.42. The van der Waals surface area contributed by atoms with Crippen LogP contribution in [0.25, 0.3) is 11.1 Å². The Morgan fingerprint density at radius 2 is 2.25 bits per heavy atom. The highest BCUT2D eigenvalue weighted by Crippen LogP contribution is 2.25. The van der Waals surface area contributed by atoms with Crippen molar-refractivity contribution in [2.45, 2.75) is 0 Å². The van der Waals surface area contributed by atoms with E-state index in [1.807, 2.05) is 0 Å². The lowest BCUT2D eigenvalue weighted by Crippen LogP contribution is -2.08. The third-order valence-corrected chi connectivity index (χ3v) is 2.30. The zero-order valence-corrected chi connectivity index (χ0v) is 9.15. The van der Waals surface area contributed by atoms with E-state index >= 15 is 0 Å². The first-order chi connectivity index (χ1) is 7.72. The van der Waals surface area contributed by atoms with Crippen molar-refractivity contribution < 1.29 is 4.74 Å². The summed E-state index contributed by atoms with van der Waals surface area (Å²) >= 11 is 5.91. The maximum absolute atomic E-state index is 11.5. The van der Waals surface area contributed by atoms with E-state index in [4.69, 9.17) is 16.3 Å². The maximum Gasteiger partial charge on any atom is 0.258 e. The fourth-order valence-electron chi connectivity index (χ4n) is 1.27. The van der Waals surface area contributed by atoms with Gasteiger partial charge in [0.15, 0.2) is 0 Å². The average molecular weight is 238 g/mol. The lowest BCUT2D eigenvalue weighted by atomic mass is 10.1. The van der Waals surface area contributed by atoms with Crippen molar-refractivity contribution in [3.8, 4) is 17.0 Å². The summed E-state index contributed by atoms with van der Waals surface area (Å²) in [7, 11) is 1.48. The minimum absolute atomic E-state index is 0.238. The molecule has 0 aliphatic carbocycles. The molecule has 0 aliphatic heterocycles. The number of nitrogens with zero attached hydrogens (tertiary/aromatic N) is 2. The van der Waals surface area contributed by atoms with E-state index in [0.717, 1.165) is 0 Å². The second-order valence-electron chi connectivity index (χ2n) is 3.01. The minimum atomic E-state index is -0.238. The Hall–Kier alpha value is -1.88. The van der Waals surface area contributed by atoms with Gasteiger partial charge in [-0.25, -0.2) is 9.97 Å². The fourth-order valence-corrected chi connectivity index (χ4v) is 1.52. The molecule has 0 fully saturated rings. The molecule has 0 saturated heterocycles. The molecule has 2 rings (SSSR count). The highest BCUT2D eigenvalue weighted by Gasteiger charge is 2.07. The molecule has 0 radical (unpaired) electrons. The molecule has 0 aromatic carbocycles. The molecular weight excluding hydrogens is 230 g/mol. The van der Waals surface area contributed by atoms with Gasteiger partial charge in [0, 0.05) is 18.0 Å². The number of hydrogen-bond acceptors (Lipinski definition) is 4. The summed E-state index contributed by atoms with van der Waals surface area (Å²) in [4.78, 5) is 21.8. The molecule has 0 bridgehead atoms. The van der Waals surface area contributed by atoms with E-state index < -0.39 is 0 Å². The third kappa shape index (κ3) is 1.90. The highest BCUT2D eigenvalue weighted by atomic mass is 35.5. The van der Waals surface area contributed by atoms with Crippen LogP contribution in [0.15, 0.2) is 29.6 Å². The van der Waals surface area contributed by atoms with Crippen LogP contribution in [0.1, 0.15) is 0 Å². The molecule has 6 heteroatoms. The first kappa shape index (κ1) is 10.6. The van der Waals surface area contributed by atoms with E-state index in [1.54, 1.807) is 6.07 Å². The molecule has 0 atom stereocenters. The third-order valence-electron chi connectivity index (χ3n) is 2.03. The molecule has 0 aliphatic rings. The number of H-pyrrole nitrogens is 1. The average Bonchev–Trinajstić information content (AvgIpc) is 2.29. The Morgan fingerprint density at radius 3 is 2.88 bits per heavy atom. The molecule has 5 nitrogen and oxygen atoms in total. The van der Waals surface area contributed by atoms with Gasteiger partial charge in [-0.2, -0.15) is 0 Å². The number of nitrogens with one attached hydrogen (secondary N) is 1. The van der Waals surface area contributed by atoms with Gasteiger partial charge in [0.1, 0.15) is 5.02 Å². The molecule has 2 heterocycles. The van der Waals surface area contributed by atoms with Gasteiger partial charge in [-0.3, -0.25) is 4.79 Å². The van der Waals surface area contributed by atoms with Crippen LogP contribution in [-0.2, 0) is 0 Å². The molecule has 0 saturated carbocycles. The number of rotatable bonds is 2. The Morgan fingerprint density at radius 1 is 1.44 bits per heavy atom. The zero-order chi connectivity index (χ0) is 11.5. The van der Waals surface area contributed by atoms with Crippen molar-refractivity contribution in [2.24, 2.45) is 0 Å². The van der Waals surface area contributed by atoms with Crippen molar-refractivity contribution in [1.82, 2.24) is 15.0 Å². The van der Waals surface area contributed by atoms with Gasteiger partial charge in [-0.1, -0.05) is 11.6 Å². The predicted molar refractivity (Wildman–Crippen MR) is 59.7 cm³/mol. The van der Waals surface area contributed by atoms with Crippen LogP contribution >= 0.6 is 11.6 Å². The Kier molecular flexibility index (Phi) is 2.87. The topological polar surface area (TPSA) is 67.9 Å². The maximum atomic E-state index is 11.5. The summed E-state index contributed by atoms with van der Waals surface area (Å²) in [5.74, 6) is 0.325. The summed E-state index contributed by atoms with van der Waals surface area (Å²) < 4.78 is 4.92. The Labute approximate surface area is 96.1 Å². The van der Waals surface area contributed by atoms with Crippen molar-refractivity contribution in [3.05, 3.63) is 40.2 Å². The standard InChI is InChI=1S/C10H8ClN3O2/c1-16-10-8(11)2-6(3-13-10)7-4-12-5-14-9(7)15/h2-5H,1H3,(H,12,14,15). The zero-order valence-electron chi connectivity index (χ0n) is 8.40. The van der Waals surface area contributed by atoms with E-state index in [-0.39, 0.29) is 5.56 Å². The van der Waals surface area contributed by atoms with Crippen molar-refractivity contribution >= 4 is 11.6 Å². The summed E-state index contributed by atoms with van der Waals surface area (Å²) in [6.45, 7) is 0. The SMILES string of the molecule is COc1ncc(-c2cnc[nH]c2=O)cc1Cl. The van der Waals surface area contributed by atoms with Crippen LogP contribution in [0, 0.1) is 0 Å². The van der Waals surface area contributed by atoms with E-state index in [9.17, 15) is 4.79 Å². The Balaban J connectivity index is 2.54. The van der Waals surface area contributed by atoms with Crippen LogP contribution in [0.2, 0.25) is 5.02 Å². The quantitative estimate of drug-likeness (QED) is 0.859. The van der Waals surface area contributed by atoms with Gasteiger partial charge in [-0.15, -0.1) is 0 Å². The van der Waals surface area contributed by atoms with Gasteiger partial charge in [0.25, 0.3) is 5.56 Å². The highest BCUT2D eigenvalue weighted by molar-refractivity contribution is 6.32. The van der Waals surface area contributed by atoms with Crippen molar-refractivity contribution in [1.29, 1.82) is 0 Å². The summed E-state index contributed by atoms with van der Waals surface area (Å²) in [5, 5.41) is 0.350. The van der Waals surface area contributed by atoms with Crippen LogP contribution < -0.4 is 10.3 Å². The van der Waals surface area contributed by atoms with E-state index in [2.05, 4.69) is 15.0 Å². The molecule has 0 spiro atoms. The molecule has 0 amide bonds. The van der Waals surface area contributed by atoms with Crippen LogP contribution in [0.3, 0.4) is 0 Å². The van der Waals surface area contributed by atoms with E-state index in [1.165, 1.54) is 25.8 Å². The summed E-state index contributed by atoms with van der Waals surface area (Å²) in [6, 6.07) is 1.61. The fraction of sp³-hybridized carbons (Fsp3) is 0.100. The van der Waals surface area contributed by atoms with Gasteiger partial charge >= 0.3 is 0 Å². The van der Waals surface area contributed by atoms with Gasteiger partial charge in [-0.05, 0) is 6.07 Å². The number of aromatic amines is 1. The smallest absolute Gasteiger partial charge is 0.258 e. The lowest BCUT2D eigenvalue weighted by molar-refractivity contribution is 0.398. The first-order valence-electron chi connectivity index (χ1n) is 4.45. The number of hydrogen-bond donors (Lipinski definition) is 1. The monoisotopic (exact) mass is 237 g/mol. The molecule has 2 aromatic heterocycles. The number of halogens is 1. The van der Waals surface area contributed by atoms with Crippen LogP contribution in [0.5, 0.6) is 5.88 Å². The number of aromatic nitrogens is 3. The normalized spacial score (nSPS) is 10.1. The van der Waals surface area contributed by atoms with Crippen LogP contribution in [0.4, 0.5) is 0 Å². The molecule has 82 valence electrons. The number of methoxy groups -OCH3 is 1. The molecular formula is C10H8ClN3O2. The minimum Gasteiger partial charge on any atom is -0.480 e. The molecule has 16 heavy (non-hydrogen) atoms. The van der Waals surface area contributed by atoms with Crippen molar-refractivity contribution in [2.75, 3.05) is 7.11 Å².